The van der Waals surface area contributed by atoms with E-state index in [1.807, 2.05) is 18.5 Å². The molecule has 2 aromatic heterocycles. The van der Waals surface area contributed by atoms with Gasteiger partial charge in [-0.2, -0.15) is 0 Å². The topological polar surface area (TPSA) is 24.9 Å². The van der Waals surface area contributed by atoms with E-state index in [4.69, 9.17) is 0 Å². The second-order valence-corrected chi connectivity index (χ2v) is 5.28. The van der Waals surface area contributed by atoms with Gasteiger partial charge in [0.15, 0.2) is 0 Å². The fraction of sp³-hybridized carbons (Fsp3) is 0.357. The molecule has 1 N–H and O–H groups in total. The average Bonchev–Trinajstić information content (AvgIpc) is 2.78. The van der Waals surface area contributed by atoms with Gasteiger partial charge in [0.25, 0.3) is 0 Å². The highest BCUT2D eigenvalue weighted by molar-refractivity contribution is 7.10. The number of hydrogen-bond donors (Lipinski definition) is 1. The normalized spacial score (nSPS) is 12.6. The first kappa shape index (κ1) is 12.3. The van der Waals surface area contributed by atoms with Crippen LogP contribution in [-0.4, -0.2) is 11.5 Å². The quantitative estimate of drug-likeness (QED) is 0.873. The first-order valence-electron chi connectivity index (χ1n) is 5.99. The number of rotatable bonds is 5. The van der Waals surface area contributed by atoms with Gasteiger partial charge in [-0.25, -0.2) is 0 Å². The first-order valence-corrected chi connectivity index (χ1v) is 6.87. The van der Waals surface area contributed by atoms with Gasteiger partial charge in [0.1, 0.15) is 0 Å². The Kier molecular flexibility index (Phi) is 4.29. The van der Waals surface area contributed by atoms with Crippen LogP contribution < -0.4 is 5.32 Å². The van der Waals surface area contributed by atoms with Gasteiger partial charge < -0.3 is 5.32 Å². The summed E-state index contributed by atoms with van der Waals surface area (Å²) in [6, 6.07) is 6.65. The molecule has 1 unspecified atom stereocenters. The van der Waals surface area contributed by atoms with Gasteiger partial charge in [-0.1, -0.05) is 13.0 Å². The molecule has 90 valence electrons. The summed E-state index contributed by atoms with van der Waals surface area (Å²) in [6.07, 6.45) is 4.90. The van der Waals surface area contributed by atoms with E-state index in [1.165, 1.54) is 16.0 Å². The van der Waals surface area contributed by atoms with Crippen LogP contribution in [-0.2, 0) is 0 Å². The van der Waals surface area contributed by atoms with E-state index in [-0.39, 0.29) is 6.04 Å². The molecule has 0 aliphatic carbocycles. The van der Waals surface area contributed by atoms with Gasteiger partial charge >= 0.3 is 0 Å². The summed E-state index contributed by atoms with van der Waals surface area (Å²) in [6.45, 7) is 5.36. The zero-order chi connectivity index (χ0) is 12.1. The van der Waals surface area contributed by atoms with Gasteiger partial charge in [0, 0.05) is 17.3 Å². The van der Waals surface area contributed by atoms with E-state index in [9.17, 15) is 0 Å². The molecule has 0 saturated heterocycles. The lowest BCUT2D eigenvalue weighted by Gasteiger charge is -2.17. The number of aryl methyl sites for hydroxylation is 1. The molecule has 0 amide bonds. The van der Waals surface area contributed by atoms with Crippen LogP contribution >= 0.6 is 11.3 Å². The summed E-state index contributed by atoms with van der Waals surface area (Å²) in [5.41, 5.74) is 2.58. The highest BCUT2D eigenvalue weighted by Gasteiger charge is 2.14. The summed E-state index contributed by atoms with van der Waals surface area (Å²) in [5.74, 6) is 0. The Morgan fingerprint density at radius 3 is 2.88 bits per heavy atom. The summed E-state index contributed by atoms with van der Waals surface area (Å²) in [4.78, 5) is 5.56. The molecular weight excluding hydrogens is 228 g/mol. The molecule has 0 spiro atoms. The number of pyridine rings is 1. The van der Waals surface area contributed by atoms with Crippen LogP contribution in [0.2, 0.25) is 0 Å². The third-order valence-electron chi connectivity index (χ3n) is 2.70. The number of aromatic nitrogens is 1. The van der Waals surface area contributed by atoms with Crippen molar-refractivity contribution in [1.29, 1.82) is 0 Å². The minimum atomic E-state index is 0.272. The van der Waals surface area contributed by atoms with Crippen molar-refractivity contribution in [3.8, 4) is 0 Å². The van der Waals surface area contributed by atoms with Crippen molar-refractivity contribution >= 4 is 11.3 Å². The Morgan fingerprint density at radius 2 is 2.29 bits per heavy atom. The van der Waals surface area contributed by atoms with Gasteiger partial charge in [0.2, 0.25) is 0 Å². The van der Waals surface area contributed by atoms with Crippen molar-refractivity contribution in [2.45, 2.75) is 26.3 Å². The van der Waals surface area contributed by atoms with Crippen LogP contribution in [0.3, 0.4) is 0 Å². The summed E-state index contributed by atoms with van der Waals surface area (Å²) in [7, 11) is 0. The zero-order valence-electron chi connectivity index (χ0n) is 10.3. The molecule has 0 bridgehead atoms. The Morgan fingerprint density at radius 1 is 1.41 bits per heavy atom. The van der Waals surface area contributed by atoms with Crippen LogP contribution in [0.15, 0.2) is 36.0 Å². The van der Waals surface area contributed by atoms with Gasteiger partial charge in [0.05, 0.1) is 6.04 Å². The fourth-order valence-electron chi connectivity index (χ4n) is 1.88. The van der Waals surface area contributed by atoms with Crippen molar-refractivity contribution < 1.29 is 0 Å². The molecule has 0 fully saturated rings. The molecular formula is C14H18N2S. The highest BCUT2D eigenvalue weighted by Crippen LogP contribution is 2.25. The van der Waals surface area contributed by atoms with E-state index < -0.39 is 0 Å². The van der Waals surface area contributed by atoms with Crippen molar-refractivity contribution in [2.75, 3.05) is 6.54 Å². The standard InChI is InChI=1S/C14H18N2S/c1-3-6-16-14(12-5-4-7-15-9-12)13-8-11(2)17-10-13/h4-5,7-10,14,16H,3,6H2,1-2H3. The Labute approximate surface area is 107 Å². The summed E-state index contributed by atoms with van der Waals surface area (Å²) < 4.78 is 0. The first-order chi connectivity index (χ1) is 8.31. The molecule has 0 radical (unpaired) electrons. The average molecular weight is 246 g/mol. The minimum absolute atomic E-state index is 0.272. The highest BCUT2D eigenvalue weighted by atomic mass is 32.1. The number of nitrogens with one attached hydrogen (secondary N) is 1. The van der Waals surface area contributed by atoms with Crippen molar-refractivity contribution in [1.82, 2.24) is 10.3 Å². The third kappa shape index (κ3) is 3.14. The van der Waals surface area contributed by atoms with Crippen LogP contribution in [0.5, 0.6) is 0 Å². The van der Waals surface area contributed by atoms with E-state index in [2.05, 4.69) is 41.7 Å². The van der Waals surface area contributed by atoms with E-state index >= 15 is 0 Å². The maximum absolute atomic E-state index is 4.21. The molecule has 1 atom stereocenters. The molecule has 2 aromatic rings. The van der Waals surface area contributed by atoms with Crippen LogP contribution in [0.25, 0.3) is 0 Å². The van der Waals surface area contributed by atoms with Crippen LogP contribution in [0.4, 0.5) is 0 Å². The van der Waals surface area contributed by atoms with Crippen LogP contribution in [0, 0.1) is 6.92 Å². The maximum atomic E-state index is 4.21. The number of thiophene rings is 1. The largest absolute Gasteiger partial charge is 0.306 e. The molecule has 17 heavy (non-hydrogen) atoms. The molecule has 2 nitrogen and oxygen atoms in total. The Hall–Kier alpha value is -1.19. The number of nitrogens with zero attached hydrogens (tertiary/aromatic N) is 1. The molecule has 2 rings (SSSR count). The van der Waals surface area contributed by atoms with E-state index in [0.29, 0.717) is 0 Å². The number of hydrogen-bond acceptors (Lipinski definition) is 3. The molecule has 0 saturated carbocycles. The van der Waals surface area contributed by atoms with Crippen molar-refractivity contribution in [2.24, 2.45) is 0 Å². The zero-order valence-corrected chi connectivity index (χ0v) is 11.1. The second kappa shape index (κ2) is 5.94. The fourth-order valence-corrected chi connectivity index (χ4v) is 2.61. The van der Waals surface area contributed by atoms with E-state index in [1.54, 1.807) is 11.3 Å². The lowest BCUT2D eigenvalue weighted by atomic mass is 10.0. The molecule has 0 aliphatic heterocycles. The summed E-state index contributed by atoms with van der Waals surface area (Å²) in [5, 5.41) is 5.81. The maximum Gasteiger partial charge on any atom is 0.0600 e. The Bertz CT molecular complexity index is 450. The predicted molar refractivity (Wildman–Crippen MR) is 73.4 cm³/mol. The van der Waals surface area contributed by atoms with Gasteiger partial charge in [-0.15, -0.1) is 11.3 Å². The molecule has 2 heterocycles. The van der Waals surface area contributed by atoms with Crippen LogP contribution in [0.1, 0.15) is 35.4 Å². The van der Waals surface area contributed by atoms with Crippen molar-refractivity contribution in [3.63, 3.8) is 0 Å². The third-order valence-corrected chi connectivity index (χ3v) is 3.58. The molecule has 0 aliphatic rings. The van der Waals surface area contributed by atoms with Gasteiger partial charge in [-0.05, 0) is 48.5 Å². The molecule has 0 aromatic carbocycles. The molecule has 3 heteroatoms. The van der Waals surface area contributed by atoms with Gasteiger partial charge in [-0.3, -0.25) is 4.98 Å². The SMILES string of the molecule is CCCNC(c1cccnc1)c1csc(C)c1. The lowest BCUT2D eigenvalue weighted by molar-refractivity contribution is 0.598. The smallest absolute Gasteiger partial charge is 0.0600 e. The second-order valence-electron chi connectivity index (χ2n) is 4.16. The Balaban J connectivity index is 2.25. The van der Waals surface area contributed by atoms with Crippen molar-refractivity contribution in [3.05, 3.63) is 52.0 Å². The lowest BCUT2D eigenvalue weighted by Crippen LogP contribution is -2.22. The monoisotopic (exact) mass is 246 g/mol. The van der Waals surface area contributed by atoms with E-state index in [0.717, 1.165) is 13.0 Å². The predicted octanol–water partition coefficient (Wildman–Crippen LogP) is 3.54. The minimum Gasteiger partial charge on any atom is -0.306 e. The summed E-state index contributed by atoms with van der Waals surface area (Å²) >= 11 is 1.80.